The molecule has 0 radical (unpaired) electrons. The second kappa shape index (κ2) is 10.3. The molecule has 3 atom stereocenters. The number of hydrogen-bond donors (Lipinski definition) is 3. The second-order valence-corrected chi connectivity index (χ2v) is 9.35. The summed E-state index contributed by atoms with van der Waals surface area (Å²) in [4.78, 5) is 37.4. The molecule has 2 aromatic rings. The van der Waals surface area contributed by atoms with Crippen LogP contribution in [0.5, 0.6) is 0 Å². The molecule has 3 unspecified atom stereocenters. The number of benzene rings is 2. The van der Waals surface area contributed by atoms with E-state index in [9.17, 15) is 19.5 Å². The lowest BCUT2D eigenvalue weighted by Crippen LogP contribution is -2.57. The Labute approximate surface area is 199 Å². The van der Waals surface area contributed by atoms with Gasteiger partial charge in [-0.25, -0.2) is 9.59 Å². The van der Waals surface area contributed by atoms with Crippen LogP contribution < -0.4 is 10.6 Å². The summed E-state index contributed by atoms with van der Waals surface area (Å²) in [7, 11) is 0. The van der Waals surface area contributed by atoms with Crippen molar-refractivity contribution in [2.45, 2.75) is 57.5 Å². The van der Waals surface area contributed by atoms with Crippen LogP contribution in [0.15, 0.2) is 48.5 Å². The van der Waals surface area contributed by atoms with Gasteiger partial charge in [-0.05, 0) is 46.9 Å². The third-order valence-corrected chi connectivity index (χ3v) is 7.30. The minimum absolute atomic E-state index is 0.0214. The van der Waals surface area contributed by atoms with Crippen molar-refractivity contribution in [3.8, 4) is 11.1 Å². The summed E-state index contributed by atoms with van der Waals surface area (Å²) >= 11 is 0. The standard InChI is InChI=1S/C27H32N2O5/c1-3-16(2)23(26(31)32)28-25(30)24(17-9-8-10-17)29-27(33)34-15-22-20-13-6-4-11-18(20)19-12-5-7-14-21(19)22/h4-7,11-14,16-17,22-24H,3,8-10,15H2,1-2H3,(H,28,30)(H,29,33)(H,31,32). The fourth-order valence-corrected chi connectivity index (χ4v) is 4.86. The third-order valence-electron chi connectivity index (χ3n) is 7.30. The van der Waals surface area contributed by atoms with Crippen molar-refractivity contribution in [1.29, 1.82) is 0 Å². The first-order valence-electron chi connectivity index (χ1n) is 12.0. The van der Waals surface area contributed by atoms with Crippen LogP contribution in [0.4, 0.5) is 4.79 Å². The summed E-state index contributed by atoms with van der Waals surface area (Å²) < 4.78 is 5.61. The summed E-state index contributed by atoms with van der Waals surface area (Å²) in [5.41, 5.74) is 4.51. The molecule has 2 aromatic carbocycles. The van der Waals surface area contributed by atoms with Gasteiger partial charge in [0.05, 0.1) is 0 Å². The molecule has 0 aliphatic heterocycles. The van der Waals surface area contributed by atoms with Gasteiger partial charge in [0.15, 0.2) is 0 Å². The molecule has 34 heavy (non-hydrogen) atoms. The molecular weight excluding hydrogens is 432 g/mol. The lowest BCUT2D eigenvalue weighted by molar-refractivity contribution is -0.144. The van der Waals surface area contributed by atoms with Gasteiger partial charge in [-0.3, -0.25) is 4.79 Å². The van der Waals surface area contributed by atoms with E-state index in [1.54, 1.807) is 6.92 Å². The fraction of sp³-hybridized carbons (Fsp3) is 0.444. The Balaban J connectivity index is 1.42. The van der Waals surface area contributed by atoms with E-state index in [0.717, 1.165) is 41.5 Å². The molecule has 0 spiro atoms. The summed E-state index contributed by atoms with van der Waals surface area (Å²) in [6.07, 6.45) is 2.55. The Morgan fingerprint density at radius 2 is 1.59 bits per heavy atom. The van der Waals surface area contributed by atoms with E-state index < -0.39 is 30.1 Å². The normalized spacial score (nSPS) is 17.5. The SMILES string of the molecule is CCC(C)C(NC(=O)C(NC(=O)OCC1c2ccccc2-c2ccccc21)C1CCC1)C(=O)O. The number of carboxylic acids is 1. The van der Waals surface area contributed by atoms with Gasteiger partial charge >= 0.3 is 12.1 Å². The van der Waals surface area contributed by atoms with Crippen LogP contribution in [0.25, 0.3) is 11.1 Å². The molecule has 0 bridgehead atoms. The van der Waals surface area contributed by atoms with E-state index in [4.69, 9.17) is 4.74 Å². The molecule has 0 aromatic heterocycles. The molecule has 2 amide bonds. The zero-order chi connectivity index (χ0) is 24.2. The van der Waals surface area contributed by atoms with E-state index in [0.29, 0.717) is 6.42 Å². The van der Waals surface area contributed by atoms with Crippen LogP contribution in [0.3, 0.4) is 0 Å². The smallest absolute Gasteiger partial charge is 0.407 e. The molecule has 4 rings (SSSR count). The highest BCUT2D eigenvalue weighted by atomic mass is 16.5. The first-order valence-corrected chi connectivity index (χ1v) is 12.0. The molecule has 2 aliphatic carbocycles. The molecule has 0 saturated heterocycles. The number of carboxylic acid groups (broad SMARTS) is 1. The van der Waals surface area contributed by atoms with Crippen LogP contribution in [0.1, 0.15) is 56.6 Å². The molecular formula is C27H32N2O5. The number of hydrogen-bond acceptors (Lipinski definition) is 4. The average molecular weight is 465 g/mol. The third kappa shape index (κ3) is 4.79. The number of fused-ring (bicyclic) bond motifs is 3. The first-order chi connectivity index (χ1) is 16.4. The van der Waals surface area contributed by atoms with E-state index in [1.807, 2.05) is 43.3 Å². The van der Waals surface area contributed by atoms with Gasteiger partial charge in [0.2, 0.25) is 5.91 Å². The van der Waals surface area contributed by atoms with E-state index >= 15 is 0 Å². The first kappa shape index (κ1) is 23.8. The number of alkyl carbamates (subject to hydrolysis) is 1. The Bertz CT molecular complexity index is 1020. The van der Waals surface area contributed by atoms with Gasteiger partial charge in [-0.2, -0.15) is 0 Å². The second-order valence-electron chi connectivity index (χ2n) is 9.35. The largest absolute Gasteiger partial charge is 0.480 e. The van der Waals surface area contributed by atoms with Gasteiger partial charge < -0.3 is 20.5 Å². The van der Waals surface area contributed by atoms with Gasteiger partial charge in [0.25, 0.3) is 0 Å². The van der Waals surface area contributed by atoms with Gasteiger partial charge in [0, 0.05) is 5.92 Å². The van der Waals surface area contributed by atoms with E-state index in [-0.39, 0.29) is 24.4 Å². The maximum Gasteiger partial charge on any atom is 0.407 e. The summed E-state index contributed by atoms with van der Waals surface area (Å²) in [6, 6.07) is 14.4. The van der Waals surface area contributed by atoms with Crippen LogP contribution in [0, 0.1) is 11.8 Å². The number of carbonyl (C=O) groups excluding carboxylic acids is 2. The van der Waals surface area contributed by atoms with Crippen LogP contribution in [-0.2, 0) is 14.3 Å². The molecule has 0 heterocycles. The van der Waals surface area contributed by atoms with E-state index in [1.165, 1.54) is 0 Å². The number of amides is 2. The molecule has 2 aliphatic rings. The number of aliphatic carboxylic acids is 1. The highest BCUT2D eigenvalue weighted by Gasteiger charge is 2.37. The fourth-order valence-electron chi connectivity index (χ4n) is 4.86. The van der Waals surface area contributed by atoms with Crippen LogP contribution >= 0.6 is 0 Å². The zero-order valence-corrected chi connectivity index (χ0v) is 19.6. The van der Waals surface area contributed by atoms with Crippen molar-refractivity contribution in [2.75, 3.05) is 6.61 Å². The molecule has 1 saturated carbocycles. The average Bonchev–Trinajstić information content (AvgIpc) is 3.12. The zero-order valence-electron chi connectivity index (χ0n) is 19.6. The number of carbonyl (C=O) groups is 3. The number of ether oxygens (including phenoxy) is 1. The molecule has 7 heteroatoms. The summed E-state index contributed by atoms with van der Waals surface area (Å²) in [6.45, 7) is 3.82. The molecule has 1 fully saturated rings. The van der Waals surface area contributed by atoms with Gasteiger partial charge in [0.1, 0.15) is 18.7 Å². The van der Waals surface area contributed by atoms with Gasteiger partial charge in [-0.15, -0.1) is 0 Å². The van der Waals surface area contributed by atoms with Crippen molar-refractivity contribution in [1.82, 2.24) is 10.6 Å². The predicted octanol–water partition coefficient (Wildman–Crippen LogP) is 4.31. The number of nitrogens with one attached hydrogen (secondary N) is 2. The molecule has 180 valence electrons. The van der Waals surface area contributed by atoms with Crippen molar-refractivity contribution in [2.24, 2.45) is 11.8 Å². The minimum atomic E-state index is -1.07. The van der Waals surface area contributed by atoms with E-state index in [2.05, 4.69) is 22.8 Å². The summed E-state index contributed by atoms with van der Waals surface area (Å²) in [5, 5.41) is 14.9. The molecule has 3 N–H and O–H groups in total. The maximum atomic E-state index is 13.0. The van der Waals surface area contributed by atoms with Crippen LogP contribution in [0.2, 0.25) is 0 Å². The predicted molar refractivity (Wildman–Crippen MR) is 128 cm³/mol. The quantitative estimate of drug-likeness (QED) is 0.513. The van der Waals surface area contributed by atoms with Crippen LogP contribution in [-0.4, -0.2) is 41.8 Å². The Hall–Kier alpha value is -3.35. The number of rotatable bonds is 9. The molecule has 7 nitrogen and oxygen atoms in total. The topological polar surface area (TPSA) is 105 Å². The van der Waals surface area contributed by atoms with Crippen molar-refractivity contribution in [3.63, 3.8) is 0 Å². The summed E-state index contributed by atoms with van der Waals surface area (Å²) in [5.74, 6) is -1.86. The Kier molecular flexibility index (Phi) is 7.20. The maximum absolute atomic E-state index is 13.0. The highest BCUT2D eigenvalue weighted by Crippen LogP contribution is 2.44. The monoisotopic (exact) mass is 464 g/mol. The lowest BCUT2D eigenvalue weighted by atomic mass is 9.79. The minimum Gasteiger partial charge on any atom is -0.480 e. The van der Waals surface area contributed by atoms with Crippen molar-refractivity contribution in [3.05, 3.63) is 59.7 Å². The lowest BCUT2D eigenvalue weighted by Gasteiger charge is -2.34. The van der Waals surface area contributed by atoms with Gasteiger partial charge in [-0.1, -0.05) is 75.2 Å². The highest BCUT2D eigenvalue weighted by molar-refractivity contribution is 5.89. The Morgan fingerprint density at radius 3 is 2.09 bits per heavy atom. The van der Waals surface area contributed by atoms with Crippen molar-refractivity contribution >= 4 is 18.0 Å². The Morgan fingerprint density at radius 1 is 1.00 bits per heavy atom. The van der Waals surface area contributed by atoms with Crippen molar-refractivity contribution < 1.29 is 24.2 Å².